The standard InChI is InChI=1S/C16H18BrN3O/c1-20(11-13-3-2-4-15(17)9-13)10-12-5-7-14(8-6-12)16(18)19-21/h2-9,21H,10-11H2,1H3,(H2,18,19). The van der Waals surface area contributed by atoms with Gasteiger partial charge in [-0.1, -0.05) is 57.5 Å². The molecule has 3 N–H and O–H groups in total. The average molecular weight is 348 g/mol. The number of nitrogens with two attached hydrogens (primary N) is 1. The van der Waals surface area contributed by atoms with Crippen molar-refractivity contribution >= 4 is 21.8 Å². The lowest BCUT2D eigenvalue weighted by atomic mass is 10.1. The van der Waals surface area contributed by atoms with Crippen LogP contribution in [0, 0.1) is 0 Å². The Labute approximate surface area is 133 Å². The van der Waals surface area contributed by atoms with Crippen molar-refractivity contribution in [3.05, 3.63) is 69.7 Å². The highest BCUT2D eigenvalue weighted by molar-refractivity contribution is 9.10. The molecule has 110 valence electrons. The van der Waals surface area contributed by atoms with Gasteiger partial charge in [0.05, 0.1) is 0 Å². The largest absolute Gasteiger partial charge is 0.409 e. The topological polar surface area (TPSA) is 61.8 Å². The van der Waals surface area contributed by atoms with Crippen LogP contribution in [0.3, 0.4) is 0 Å². The molecule has 2 aromatic carbocycles. The van der Waals surface area contributed by atoms with E-state index in [0.29, 0.717) is 0 Å². The second kappa shape index (κ2) is 7.24. The van der Waals surface area contributed by atoms with E-state index in [9.17, 15) is 0 Å². The van der Waals surface area contributed by atoms with E-state index in [0.717, 1.165) is 23.1 Å². The molecule has 0 amide bonds. The highest BCUT2D eigenvalue weighted by atomic mass is 79.9. The van der Waals surface area contributed by atoms with Crippen LogP contribution in [0.15, 0.2) is 58.2 Å². The van der Waals surface area contributed by atoms with Gasteiger partial charge in [0.25, 0.3) is 0 Å². The molecule has 0 radical (unpaired) electrons. The van der Waals surface area contributed by atoms with Crippen LogP contribution in [-0.2, 0) is 13.1 Å². The van der Waals surface area contributed by atoms with Crippen LogP contribution in [0.2, 0.25) is 0 Å². The summed E-state index contributed by atoms with van der Waals surface area (Å²) in [4.78, 5) is 2.24. The van der Waals surface area contributed by atoms with Crippen molar-refractivity contribution in [2.75, 3.05) is 7.05 Å². The Morgan fingerprint density at radius 1 is 1.14 bits per heavy atom. The third-order valence-corrected chi connectivity index (χ3v) is 3.64. The molecule has 0 atom stereocenters. The summed E-state index contributed by atoms with van der Waals surface area (Å²) in [6.07, 6.45) is 0. The van der Waals surface area contributed by atoms with Crippen molar-refractivity contribution in [2.24, 2.45) is 10.9 Å². The van der Waals surface area contributed by atoms with Crippen LogP contribution < -0.4 is 5.73 Å². The first-order valence-electron chi connectivity index (χ1n) is 6.58. The maximum atomic E-state index is 8.64. The Morgan fingerprint density at radius 2 is 1.81 bits per heavy atom. The summed E-state index contributed by atoms with van der Waals surface area (Å²) in [6, 6.07) is 16.0. The zero-order chi connectivity index (χ0) is 15.2. The number of halogens is 1. The SMILES string of the molecule is CN(Cc1ccc(C(N)=NO)cc1)Cc1cccc(Br)c1. The molecule has 0 aliphatic carbocycles. The first-order valence-corrected chi connectivity index (χ1v) is 7.37. The molecule has 0 aliphatic heterocycles. The van der Waals surface area contributed by atoms with Crippen molar-refractivity contribution in [1.29, 1.82) is 0 Å². The fraction of sp³-hybridized carbons (Fsp3) is 0.188. The molecule has 0 heterocycles. The van der Waals surface area contributed by atoms with Gasteiger partial charge < -0.3 is 10.9 Å². The van der Waals surface area contributed by atoms with E-state index >= 15 is 0 Å². The highest BCUT2D eigenvalue weighted by Gasteiger charge is 2.04. The average Bonchev–Trinajstić information content (AvgIpc) is 2.47. The lowest BCUT2D eigenvalue weighted by molar-refractivity contribution is 0.318. The van der Waals surface area contributed by atoms with Gasteiger partial charge in [0.2, 0.25) is 0 Å². The minimum Gasteiger partial charge on any atom is -0.409 e. The number of rotatable bonds is 5. The fourth-order valence-electron chi connectivity index (χ4n) is 2.15. The van der Waals surface area contributed by atoms with E-state index < -0.39 is 0 Å². The van der Waals surface area contributed by atoms with Crippen LogP contribution in [0.4, 0.5) is 0 Å². The molecule has 0 bridgehead atoms. The first kappa shape index (κ1) is 15.5. The Bertz CT molecular complexity index is 626. The lowest BCUT2D eigenvalue weighted by Crippen LogP contribution is -2.17. The summed E-state index contributed by atoms with van der Waals surface area (Å²) < 4.78 is 1.09. The van der Waals surface area contributed by atoms with Crippen LogP contribution in [0.1, 0.15) is 16.7 Å². The van der Waals surface area contributed by atoms with E-state index in [2.05, 4.69) is 45.2 Å². The molecule has 0 aromatic heterocycles. The maximum Gasteiger partial charge on any atom is 0.170 e. The highest BCUT2D eigenvalue weighted by Crippen LogP contribution is 2.14. The molecule has 5 heteroatoms. The van der Waals surface area contributed by atoms with Crippen molar-refractivity contribution in [3.8, 4) is 0 Å². The van der Waals surface area contributed by atoms with Crippen molar-refractivity contribution in [2.45, 2.75) is 13.1 Å². The van der Waals surface area contributed by atoms with Crippen LogP contribution in [0.25, 0.3) is 0 Å². The van der Waals surface area contributed by atoms with Gasteiger partial charge in [0, 0.05) is 23.1 Å². The summed E-state index contributed by atoms with van der Waals surface area (Å²) >= 11 is 3.49. The Kier molecular flexibility index (Phi) is 5.36. The third kappa shape index (κ3) is 4.58. The number of benzene rings is 2. The fourth-order valence-corrected chi connectivity index (χ4v) is 2.60. The van der Waals surface area contributed by atoms with Crippen LogP contribution >= 0.6 is 15.9 Å². The molecule has 0 aliphatic rings. The van der Waals surface area contributed by atoms with Gasteiger partial charge in [-0.25, -0.2) is 0 Å². The van der Waals surface area contributed by atoms with Crippen molar-refractivity contribution in [3.63, 3.8) is 0 Å². The Hall–Kier alpha value is -1.85. The minimum absolute atomic E-state index is 0.129. The number of amidine groups is 1. The summed E-state index contributed by atoms with van der Waals surface area (Å²) in [5, 5.41) is 11.6. The molecule has 0 spiro atoms. The number of hydrogen-bond donors (Lipinski definition) is 2. The third-order valence-electron chi connectivity index (χ3n) is 3.15. The van der Waals surface area contributed by atoms with E-state index in [1.165, 1.54) is 11.1 Å². The molecule has 0 unspecified atom stereocenters. The van der Waals surface area contributed by atoms with E-state index in [-0.39, 0.29) is 5.84 Å². The lowest BCUT2D eigenvalue weighted by Gasteiger charge is -2.17. The normalized spacial score (nSPS) is 11.9. The Balaban J connectivity index is 1.98. The van der Waals surface area contributed by atoms with E-state index in [4.69, 9.17) is 10.9 Å². The molecule has 0 saturated carbocycles. The first-order chi connectivity index (χ1) is 10.1. The maximum absolute atomic E-state index is 8.64. The molecule has 0 saturated heterocycles. The predicted molar refractivity (Wildman–Crippen MR) is 88.3 cm³/mol. The van der Waals surface area contributed by atoms with E-state index in [1.807, 2.05) is 36.4 Å². The quantitative estimate of drug-likeness (QED) is 0.378. The van der Waals surface area contributed by atoms with Gasteiger partial charge in [-0.15, -0.1) is 0 Å². The zero-order valence-corrected chi connectivity index (χ0v) is 13.4. The minimum atomic E-state index is 0.129. The molecular weight excluding hydrogens is 330 g/mol. The number of hydrogen-bond acceptors (Lipinski definition) is 3. The van der Waals surface area contributed by atoms with Gasteiger partial charge in [0.15, 0.2) is 5.84 Å². The smallest absolute Gasteiger partial charge is 0.170 e. The summed E-state index contributed by atoms with van der Waals surface area (Å²) in [7, 11) is 2.08. The van der Waals surface area contributed by atoms with Gasteiger partial charge in [0.1, 0.15) is 0 Å². The molecular formula is C16H18BrN3O. The molecule has 0 fully saturated rings. The van der Waals surface area contributed by atoms with Gasteiger partial charge in [-0.2, -0.15) is 0 Å². The van der Waals surface area contributed by atoms with E-state index in [1.54, 1.807) is 0 Å². The molecule has 2 aromatic rings. The van der Waals surface area contributed by atoms with Gasteiger partial charge in [-0.3, -0.25) is 4.90 Å². The van der Waals surface area contributed by atoms with Crippen molar-refractivity contribution in [1.82, 2.24) is 4.90 Å². The van der Waals surface area contributed by atoms with Crippen molar-refractivity contribution < 1.29 is 5.21 Å². The number of oxime groups is 1. The van der Waals surface area contributed by atoms with Gasteiger partial charge in [-0.05, 0) is 30.3 Å². The van der Waals surface area contributed by atoms with Crippen LogP contribution in [0.5, 0.6) is 0 Å². The molecule has 21 heavy (non-hydrogen) atoms. The summed E-state index contributed by atoms with van der Waals surface area (Å²) in [5.41, 5.74) is 8.71. The van der Waals surface area contributed by atoms with Crippen LogP contribution in [-0.4, -0.2) is 23.0 Å². The monoisotopic (exact) mass is 347 g/mol. The van der Waals surface area contributed by atoms with Gasteiger partial charge >= 0.3 is 0 Å². The summed E-state index contributed by atoms with van der Waals surface area (Å²) in [6.45, 7) is 1.71. The molecule has 4 nitrogen and oxygen atoms in total. The predicted octanol–water partition coefficient (Wildman–Crippen LogP) is 3.18. The Morgan fingerprint density at radius 3 is 2.43 bits per heavy atom. The second-order valence-corrected chi connectivity index (χ2v) is 5.90. The zero-order valence-electron chi connectivity index (χ0n) is 11.8. The molecule has 2 rings (SSSR count). The number of nitrogens with zero attached hydrogens (tertiary/aromatic N) is 2. The second-order valence-electron chi connectivity index (χ2n) is 4.98. The summed E-state index contributed by atoms with van der Waals surface area (Å²) in [5.74, 6) is 0.129.